The van der Waals surface area contributed by atoms with E-state index in [0.717, 1.165) is 5.82 Å². The van der Waals surface area contributed by atoms with Crippen molar-refractivity contribution in [1.29, 1.82) is 0 Å². The van der Waals surface area contributed by atoms with Crippen LogP contribution >= 0.6 is 0 Å². The first-order valence-electron chi connectivity index (χ1n) is 5.55. The van der Waals surface area contributed by atoms with Crippen molar-refractivity contribution in [1.82, 2.24) is 9.55 Å². The predicted octanol–water partition coefficient (Wildman–Crippen LogP) is 1.83. The lowest BCUT2D eigenvalue weighted by Crippen LogP contribution is -2.43. The van der Waals surface area contributed by atoms with Crippen LogP contribution in [0.25, 0.3) is 0 Å². The fourth-order valence-electron chi connectivity index (χ4n) is 2.49. The van der Waals surface area contributed by atoms with Crippen LogP contribution in [0.1, 0.15) is 31.5 Å². The van der Waals surface area contributed by atoms with E-state index in [2.05, 4.69) is 4.98 Å². The first-order chi connectivity index (χ1) is 7.49. The maximum absolute atomic E-state index is 13.2. The Bertz CT molecular complexity index is 363. The van der Waals surface area contributed by atoms with Crippen molar-refractivity contribution < 1.29 is 8.78 Å². The van der Waals surface area contributed by atoms with Gasteiger partial charge in [0, 0.05) is 44.2 Å². The summed E-state index contributed by atoms with van der Waals surface area (Å²) in [6.07, 6.45) is 4.19. The number of nitrogens with zero attached hydrogens (tertiary/aromatic N) is 2. The fourth-order valence-corrected chi connectivity index (χ4v) is 2.49. The van der Waals surface area contributed by atoms with E-state index >= 15 is 0 Å². The largest absolute Gasteiger partial charge is 0.338 e. The van der Waals surface area contributed by atoms with E-state index in [-0.39, 0.29) is 18.3 Å². The van der Waals surface area contributed by atoms with Crippen LogP contribution in [0.5, 0.6) is 0 Å². The highest BCUT2D eigenvalue weighted by Gasteiger charge is 2.45. The molecule has 2 N–H and O–H groups in total. The van der Waals surface area contributed by atoms with Gasteiger partial charge in [-0.1, -0.05) is 0 Å². The van der Waals surface area contributed by atoms with Crippen LogP contribution in [0.3, 0.4) is 0 Å². The molecule has 2 rings (SSSR count). The quantitative estimate of drug-likeness (QED) is 0.840. The molecule has 0 amide bonds. The molecule has 16 heavy (non-hydrogen) atoms. The summed E-state index contributed by atoms with van der Waals surface area (Å²) in [6, 6.07) is 0. The van der Waals surface area contributed by atoms with Gasteiger partial charge in [0.05, 0.1) is 0 Å². The van der Waals surface area contributed by atoms with E-state index in [4.69, 9.17) is 5.73 Å². The SMILES string of the molecule is Cn1ccnc1C1(CN)CCC(F)(F)CC1. The van der Waals surface area contributed by atoms with Gasteiger partial charge in [-0.15, -0.1) is 0 Å². The van der Waals surface area contributed by atoms with Crippen molar-refractivity contribution >= 4 is 0 Å². The number of aromatic nitrogens is 2. The molecule has 1 fully saturated rings. The van der Waals surface area contributed by atoms with Crippen molar-refractivity contribution in [2.45, 2.75) is 37.0 Å². The first-order valence-corrected chi connectivity index (χ1v) is 5.55. The van der Waals surface area contributed by atoms with Crippen molar-refractivity contribution in [2.24, 2.45) is 12.8 Å². The third-order valence-electron chi connectivity index (χ3n) is 3.62. The zero-order chi connectivity index (χ0) is 11.8. The third-order valence-corrected chi connectivity index (χ3v) is 3.62. The number of rotatable bonds is 2. The minimum Gasteiger partial charge on any atom is -0.338 e. The highest BCUT2D eigenvalue weighted by Crippen LogP contribution is 2.44. The third kappa shape index (κ3) is 1.84. The lowest BCUT2D eigenvalue weighted by Gasteiger charge is -2.38. The van der Waals surface area contributed by atoms with Gasteiger partial charge >= 0.3 is 0 Å². The molecule has 0 bridgehead atoms. The minimum absolute atomic E-state index is 0.0863. The molecule has 3 nitrogen and oxygen atoms in total. The van der Waals surface area contributed by atoms with Gasteiger partial charge in [-0.05, 0) is 12.8 Å². The van der Waals surface area contributed by atoms with Gasteiger partial charge in [-0.3, -0.25) is 0 Å². The van der Waals surface area contributed by atoms with E-state index in [1.54, 1.807) is 6.20 Å². The summed E-state index contributed by atoms with van der Waals surface area (Å²) in [7, 11) is 1.88. The molecule has 1 aliphatic carbocycles. The Balaban J connectivity index is 2.26. The Morgan fingerprint density at radius 1 is 1.38 bits per heavy atom. The minimum atomic E-state index is -2.52. The summed E-state index contributed by atoms with van der Waals surface area (Å²) < 4.78 is 28.2. The first kappa shape index (κ1) is 11.5. The maximum Gasteiger partial charge on any atom is 0.248 e. The summed E-state index contributed by atoms with van der Waals surface area (Å²) in [5.41, 5.74) is 5.43. The Kier molecular flexibility index (Phi) is 2.74. The molecule has 0 unspecified atom stereocenters. The monoisotopic (exact) mass is 229 g/mol. The number of halogens is 2. The molecule has 0 aliphatic heterocycles. The Labute approximate surface area is 93.7 Å². The van der Waals surface area contributed by atoms with Crippen LogP contribution in [-0.4, -0.2) is 22.0 Å². The van der Waals surface area contributed by atoms with E-state index in [1.807, 2.05) is 17.8 Å². The molecule has 0 saturated heterocycles. The van der Waals surface area contributed by atoms with E-state index in [1.165, 1.54) is 0 Å². The van der Waals surface area contributed by atoms with Gasteiger partial charge in [0.1, 0.15) is 5.82 Å². The smallest absolute Gasteiger partial charge is 0.248 e. The molecule has 5 heteroatoms. The molecular weight excluding hydrogens is 212 g/mol. The Morgan fingerprint density at radius 3 is 2.44 bits per heavy atom. The second kappa shape index (κ2) is 3.80. The average Bonchev–Trinajstić information content (AvgIpc) is 2.66. The molecular formula is C11H17F2N3. The van der Waals surface area contributed by atoms with Crippen molar-refractivity contribution in [3.05, 3.63) is 18.2 Å². The zero-order valence-corrected chi connectivity index (χ0v) is 9.42. The molecule has 1 aromatic rings. The van der Waals surface area contributed by atoms with Crippen molar-refractivity contribution in [3.8, 4) is 0 Å². The van der Waals surface area contributed by atoms with E-state index in [0.29, 0.717) is 19.4 Å². The molecule has 0 aromatic carbocycles. The normalized spacial score (nSPS) is 23.2. The van der Waals surface area contributed by atoms with Gasteiger partial charge in [0.2, 0.25) is 5.92 Å². The standard InChI is InChI=1S/C11H17F2N3/c1-16-7-6-15-9(16)10(8-14)2-4-11(12,13)5-3-10/h6-7H,2-5,8,14H2,1H3. The molecule has 0 atom stereocenters. The molecule has 0 radical (unpaired) electrons. The Hall–Kier alpha value is -0.970. The van der Waals surface area contributed by atoms with Gasteiger partial charge < -0.3 is 10.3 Å². The predicted molar refractivity (Wildman–Crippen MR) is 57.4 cm³/mol. The highest BCUT2D eigenvalue weighted by molar-refractivity contribution is 5.13. The molecule has 90 valence electrons. The van der Waals surface area contributed by atoms with Crippen LogP contribution < -0.4 is 5.73 Å². The van der Waals surface area contributed by atoms with Crippen LogP contribution in [0.4, 0.5) is 8.78 Å². The zero-order valence-electron chi connectivity index (χ0n) is 9.42. The molecule has 0 spiro atoms. The van der Waals surface area contributed by atoms with Gasteiger partial charge in [0.15, 0.2) is 0 Å². The second-order valence-electron chi connectivity index (χ2n) is 4.70. The number of alkyl halides is 2. The highest BCUT2D eigenvalue weighted by atomic mass is 19.3. The summed E-state index contributed by atoms with van der Waals surface area (Å²) in [5.74, 6) is -1.69. The van der Waals surface area contributed by atoms with Crippen LogP contribution in [-0.2, 0) is 12.5 Å². The van der Waals surface area contributed by atoms with Crippen LogP contribution in [0, 0.1) is 0 Å². The second-order valence-corrected chi connectivity index (χ2v) is 4.70. The molecule has 1 heterocycles. The molecule has 1 saturated carbocycles. The number of nitrogens with two attached hydrogens (primary N) is 1. The van der Waals surface area contributed by atoms with E-state index in [9.17, 15) is 8.78 Å². The number of hydrogen-bond acceptors (Lipinski definition) is 2. The van der Waals surface area contributed by atoms with Crippen molar-refractivity contribution in [3.63, 3.8) is 0 Å². The Morgan fingerprint density at radius 2 is 2.00 bits per heavy atom. The summed E-state index contributed by atoms with van der Waals surface area (Å²) in [4.78, 5) is 4.27. The number of hydrogen-bond donors (Lipinski definition) is 1. The van der Waals surface area contributed by atoms with Crippen molar-refractivity contribution in [2.75, 3.05) is 6.54 Å². The summed E-state index contributed by atoms with van der Waals surface area (Å²) in [5, 5.41) is 0. The number of imidazole rings is 1. The van der Waals surface area contributed by atoms with E-state index < -0.39 is 5.92 Å². The lowest BCUT2D eigenvalue weighted by atomic mass is 9.72. The lowest BCUT2D eigenvalue weighted by molar-refractivity contribution is -0.0522. The average molecular weight is 229 g/mol. The van der Waals surface area contributed by atoms with Gasteiger partial charge in [-0.25, -0.2) is 13.8 Å². The van der Waals surface area contributed by atoms with Crippen LogP contribution in [0.15, 0.2) is 12.4 Å². The summed E-state index contributed by atoms with van der Waals surface area (Å²) >= 11 is 0. The molecule has 1 aromatic heterocycles. The maximum atomic E-state index is 13.2. The van der Waals surface area contributed by atoms with Gasteiger partial charge in [-0.2, -0.15) is 0 Å². The topological polar surface area (TPSA) is 43.8 Å². The van der Waals surface area contributed by atoms with Crippen LogP contribution in [0.2, 0.25) is 0 Å². The fraction of sp³-hybridized carbons (Fsp3) is 0.727. The summed E-state index contributed by atoms with van der Waals surface area (Å²) in [6.45, 7) is 0.383. The number of aryl methyl sites for hydroxylation is 1. The molecule has 1 aliphatic rings. The van der Waals surface area contributed by atoms with Gasteiger partial charge in [0.25, 0.3) is 0 Å².